The summed E-state index contributed by atoms with van der Waals surface area (Å²) in [7, 11) is 2.46. The summed E-state index contributed by atoms with van der Waals surface area (Å²) in [6.45, 7) is 23.8. The second-order valence-electron chi connectivity index (χ2n) is 23.6. The molecular formula is C64H56BN2O2. The maximum Gasteiger partial charge on any atom is 0.197 e. The van der Waals surface area contributed by atoms with Gasteiger partial charge in [0.05, 0.1) is 5.52 Å². The fourth-order valence-corrected chi connectivity index (χ4v) is 12.9. The average Bonchev–Trinajstić information content (AvgIpc) is 4.03. The zero-order valence-corrected chi connectivity index (χ0v) is 41.4. The Bertz CT molecular complexity index is 4090. The normalized spacial score (nSPS) is 16.3. The van der Waals surface area contributed by atoms with Gasteiger partial charge < -0.3 is 18.7 Å². The van der Waals surface area contributed by atoms with Gasteiger partial charge in [-0.2, -0.15) is 0 Å². The van der Waals surface area contributed by atoms with E-state index in [0.717, 1.165) is 66.5 Å². The lowest BCUT2D eigenvalue weighted by atomic mass is 9.58. The van der Waals surface area contributed by atoms with Gasteiger partial charge in [0.25, 0.3) is 0 Å². The van der Waals surface area contributed by atoms with Gasteiger partial charge in [0.2, 0.25) is 0 Å². The number of aromatic nitrogens is 1. The Morgan fingerprint density at radius 1 is 0.551 bits per heavy atom. The van der Waals surface area contributed by atoms with Crippen molar-refractivity contribution in [2.45, 2.75) is 104 Å². The molecule has 0 bridgehead atoms. The van der Waals surface area contributed by atoms with Crippen molar-refractivity contribution in [3.05, 3.63) is 161 Å². The first-order valence-corrected chi connectivity index (χ1v) is 24.9. The summed E-state index contributed by atoms with van der Waals surface area (Å²) >= 11 is 0. The van der Waals surface area contributed by atoms with Gasteiger partial charge in [0.1, 0.15) is 22.3 Å². The van der Waals surface area contributed by atoms with Crippen LogP contribution in [0.5, 0.6) is 0 Å². The molecule has 0 saturated carbocycles. The van der Waals surface area contributed by atoms with Crippen molar-refractivity contribution in [3.63, 3.8) is 0 Å². The third-order valence-corrected chi connectivity index (χ3v) is 16.9. The number of hydrogen-bond donors (Lipinski definition) is 1. The van der Waals surface area contributed by atoms with Crippen LogP contribution in [0.25, 0.3) is 93.6 Å². The summed E-state index contributed by atoms with van der Waals surface area (Å²) in [6, 6.07) is 47.9. The molecule has 0 spiro atoms. The van der Waals surface area contributed by atoms with E-state index < -0.39 is 0 Å². The lowest BCUT2D eigenvalue weighted by molar-refractivity contribution is 0.331. The van der Waals surface area contributed by atoms with Gasteiger partial charge in [-0.25, -0.2) is 0 Å². The van der Waals surface area contributed by atoms with Gasteiger partial charge in [0, 0.05) is 71.9 Å². The Kier molecular flexibility index (Phi) is 7.98. The number of benzene rings is 8. The maximum atomic E-state index is 6.62. The number of nitrogens with zero attached hydrogens (tertiary/aromatic N) is 1. The van der Waals surface area contributed by atoms with Crippen molar-refractivity contribution in [2.24, 2.45) is 0 Å². The number of aryl methyl sites for hydroxylation is 1. The largest absolute Gasteiger partial charge is 0.456 e. The molecule has 1 aliphatic heterocycles. The molecule has 0 atom stereocenters. The van der Waals surface area contributed by atoms with Crippen molar-refractivity contribution >= 4 is 95.3 Å². The highest BCUT2D eigenvalue weighted by Crippen LogP contribution is 2.56. The van der Waals surface area contributed by atoms with Gasteiger partial charge in [0.15, 0.2) is 7.28 Å². The van der Waals surface area contributed by atoms with E-state index in [2.05, 4.69) is 214 Å². The van der Waals surface area contributed by atoms with Gasteiger partial charge in [-0.3, -0.25) is 0 Å². The number of hydrogen-bond acceptors (Lipinski definition) is 3. The van der Waals surface area contributed by atoms with E-state index in [4.69, 9.17) is 8.83 Å². The van der Waals surface area contributed by atoms with E-state index in [0.29, 0.717) is 0 Å². The van der Waals surface area contributed by atoms with E-state index in [1.54, 1.807) is 0 Å². The van der Waals surface area contributed by atoms with Crippen LogP contribution in [-0.4, -0.2) is 11.8 Å². The second kappa shape index (κ2) is 13.4. The molecule has 4 nitrogen and oxygen atoms in total. The zero-order valence-electron chi connectivity index (χ0n) is 41.4. The highest BCUT2D eigenvalue weighted by atomic mass is 16.3. The van der Waals surface area contributed by atoms with E-state index >= 15 is 0 Å². The smallest absolute Gasteiger partial charge is 0.197 e. The first-order valence-electron chi connectivity index (χ1n) is 24.9. The molecule has 0 fully saturated rings. The molecule has 4 heterocycles. The fraction of sp³-hybridized carbons (Fsp3) is 0.250. The number of furan rings is 2. The first kappa shape index (κ1) is 41.0. The summed E-state index contributed by atoms with van der Waals surface area (Å²) in [5.41, 5.74) is 25.2. The molecule has 1 N–H and O–H groups in total. The molecule has 337 valence electrons. The van der Waals surface area contributed by atoms with Crippen LogP contribution in [0.4, 0.5) is 11.4 Å². The molecule has 2 aliphatic carbocycles. The Labute approximate surface area is 404 Å². The van der Waals surface area contributed by atoms with Crippen LogP contribution in [0.2, 0.25) is 0 Å². The Hall–Kier alpha value is -6.98. The predicted octanol–water partition coefficient (Wildman–Crippen LogP) is 16.2. The van der Waals surface area contributed by atoms with Gasteiger partial charge in [-0.15, -0.1) is 0 Å². The van der Waals surface area contributed by atoms with Gasteiger partial charge >= 0.3 is 0 Å². The van der Waals surface area contributed by atoms with Crippen molar-refractivity contribution in [3.8, 4) is 27.9 Å². The van der Waals surface area contributed by atoms with Gasteiger partial charge in [-0.1, -0.05) is 135 Å². The van der Waals surface area contributed by atoms with Crippen molar-refractivity contribution in [2.75, 3.05) is 5.32 Å². The molecule has 69 heavy (non-hydrogen) atoms. The van der Waals surface area contributed by atoms with Crippen LogP contribution in [0, 0.1) is 6.92 Å². The highest BCUT2D eigenvalue weighted by Gasteiger charge is 2.43. The summed E-state index contributed by atoms with van der Waals surface area (Å²) in [5.74, 6) is 0. The van der Waals surface area contributed by atoms with Crippen molar-refractivity contribution < 1.29 is 8.83 Å². The van der Waals surface area contributed by atoms with Crippen LogP contribution >= 0.6 is 0 Å². The lowest BCUT2D eigenvalue weighted by Gasteiger charge is -2.42. The summed E-state index contributed by atoms with van der Waals surface area (Å²) in [6.07, 6.45) is 2.37. The molecule has 14 rings (SSSR count). The first-order chi connectivity index (χ1) is 32.9. The second-order valence-corrected chi connectivity index (χ2v) is 23.6. The predicted molar refractivity (Wildman–Crippen MR) is 292 cm³/mol. The van der Waals surface area contributed by atoms with E-state index in [1.165, 1.54) is 95.7 Å². The Morgan fingerprint density at radius 3 is 1.84 bits per heavy atom. The Balaban J connectivity index is 1.08. The number of anilines is 2. The molecule has 0 amide bonds. The summed E-state index contributed by atoms with van der Waals surface area (Å²) < 4.78 is 15.7. The number of rotatable bonds is 3. The quantitative estimate of drug-likeness (QED) is 0.180. The number of nitrogens with one attached hydrogen (secondary N) is 1. The minimum atomic E-state index is -0.201. The third-order valence-electron chi connectivity index (χ3n) is 16.9. The molecule has 0 saturated heterocycles. The summed E-state index contributed by atoms with van der Waals surface area (Å²) in [4.78, 5) is 0. The van der Waals surface area contributed by atoms with Crippen molar-refractivity contribution in [1.29, 1.82) is 0 Å². The zero-order chi connectivity index (χ0) is 47.3. The molecule has 1 radical (unpaired) electrons. The molecular weight excluding hydrogens is 840 g/mol. The van der Waals surface area contributed by atoms with Gasteiger partial charge in [-0.05, 0) is 146 Å². The number of para-hydroxylation sites is 2. The molecule has 11 aromatic rings. The SMILES string of the molecule is Cc1cc(-c2cc3c(cc2Nc2ccc(C(C)(C)C)cc2)C(C)(C)c2cc4c(cc2-3)C(C)(C)CCC4(C)C)c2c3c1c1cc4oc5ccccc5c4cc1n3-c1cc3oc4ccccc4c3cc1[B]2. The van der Waals surface area contributed by atoms with Crippen LogP contribution in [-0.2, 0) is 21.7 Å². The summed E-state index contributed by atoms with van der Waals surface area (Å²) in [5, 5.41) is 11.0. The maximum absolute atomic E-state index is 6.62. The molecule has 3 aromatic heterocycles. The highest BCUT2D eigenvalue weighted by molar-refractivity contribution is 6.74. The number of fused-ring (bicyclic) bond motifs is 15. The lowest BCUT2D eigenvalue weighted by Crippen LogP contribution is -2.37. The third kappa shape index (κ3) is 5.65. The van der Waals surface area contributed by atoms with E-state index in [-0.39, 0.29) is 21.7 Å². The van der Waals surface area contributed by atoms with Crippen LogP contribution in [0.1, 0.15) is 109 Å². The van der Waals surface area contributed by atoms with Crippen molar-refractivity contribution in [1.82, 2.24) is 4.57 Å². The standard InChI is InChI=1S/C64H56BN2O2/c1-34-25-44(41-26-39-40-27-48-49(63(7,8)24-23-62(48,5)6)31-46(40)64(9,10)47(39)32-51(41)66-36-21-19-35(20-22-36)61(2,3)4)59-60-58(34)45-30-56-43(38-16-12-14-18-55(38)68-56)29-52(45)67(60)53-33-57-42(28-50(53)65-59)37-15-11-13-17-54(37)69-57/h11-22,25-33,66H,23-24H2,1-10H3. The molecule has 8 aromatic carbocycles. The van der Waals surface area contributed by atoms with Crippen LogP contribution in [0.3, 0.4) is 0 Å². The fourth-order valence-electron chi connectivity index (χ4n) is 12.9. The molecule has 3 aliphatic rings. The minimum Gasteiger partial charge on any atom is -0.456 e. The topological polar surface area (TPSA) is 43.2 Å². The Morgan fingerprint density at radius 2 is 1.16 bits per heavy atom. The van der Waals surface area contributed by atoms with E-state index in [9.17, 15) is 0 Å². The molecule has 0 unspecified atom stereocenters. The minimum absolute atomic E-state index is 0.0551. The van der Waals surface area contributed by atoms with Crippen LogP contribution < -0.4 is 16.2 Å². The van der Waals surface area contributed by atoms with Crippen LogP contribution in [0.15, 0.2) is 136 Å². The van der Waals surface area contributed by atoms with E-state index in [1.807, 2.05) is 0 Å². The monoisotopic (exact) mass is 895 g/mol. The molecule has 5 heteroatoms. The average molecular weight is 896 g/mol.